The molecule has 2 heterocycles. The zero-order valence-electron chi connectivity index (χ0n) is 17.1. The number of benzene rings is 3. The minimum Gasteiger partial charge on any atom is -0.496 e. The van der Waals surface area contributed by atoms with Crippen LogP contribution in [0.5, 0.6) is 17.4 Å². The Morgan fingerprint density at radius 3 is 2.44 bits per heavy atom. The molecule has 0 spiro atoms. The first-order valence-electron chi connectivity index (χ1n) is 9.94. The van der Waals surface area contributed by atoms with Gasteiger partial charge in [-0.3, -0.25) is 4.79 Å². The van der Waals surface area contributed by atoms with E-state index >= 15 is 0 Å². The van der Waals surface area contributed by atoms with Crippen LogP contribution in [0.25, 0.3) is 22.3 Å². The number of methoxy groups -OCH3 is 1. The van der Waals surface area contributed by atoms with Crippen LogP contribution in [0, 0.1) is 0 Å². The maximum atomic E-state index is 12.8. The Morgan fingerprint density at radius 1 is 0.875 bits per heavy atom. The Kier molecular flexibility index (Phi) is 5.05. The molecule has 0 saturated heterocycles. The smallest absolute Gasteiger partial charge is 0.246 e. The average molecular weight is 422 g/mol. The van der Waals surface area contributed by atoms with Gasteiger partial charge in [0.05, 0.1) is 18.1 Å². The monoisotopic (exact) mass is 422 g/mol. The number of aromatic amines is 1. The van der Waals surface area contributed by atoms with Gasteiger partial charge in [0.15, 0.2) is 5.82 Å². The van der Waals surface area contributed by atoms with E-state index in [-0.39, 0.29) is 5.78 Å². The first-order chi connectivity index (χ1) is 15.7. The molecule has 0 aliphatic rings. The third kappa shape index (κ3) is 3.67. The summed E-state index contributed by atoms with van der Waals surface area (Å²) in [6, 6.07) is 21.9. The highest BCUT2D eigenvalue weighted by molar-refractivity contribution is 6.08. The van der Waals surface area contributed by atoms with Crippen LogP contribution < -0.4 is 9.47 Å². The van der Waals surface area contributed by atoms with Crippen molar-refractivity contribution in [3.05, 3.63) is 96.6 Å². The summed E-state index contributed by atoms with van der Waals surface area (Å²) in [5, 5.41) is 0. The lowest BCUT2D eigenvalue weighted by Crippen LogP contribution is -2.03. The van der Waals surface area contributed by atoms with E-state index in [1.807, 2.05) is 48.5 Å². The van der Waals surface area contributed by atoms with Crippen molar-refractivity contribution in [2.24, 2.45) is 0 Å². The second kappa shape index (κ2) is 8.31. The predicted octanol–water partition coefficient (Wildman–Crippen LogP) is 5.05. The van der Waals surface area contributed by atoms with Gasteiger partial charge in [0.25, 0.3) is 0 Å². The van der Waals surface area contributed by atoms with E-state index in [1.54, 1.807) is 43.8 Å². The van der Waals surface area contributed by atoms with Gasteiger partial charge in [-0.05, 0) is 48.5 Å². The van der Waals surface area contributed by atoms with Gasteiger partial charge in [0.2, 0.25) is 11.7 Å². The molecule has 0 unspecified atom stereocenters. The van der Waals surface area contributed by atoms with E-state index < -0.39 is 0 Å². The number of fused-ring (bicyclic) bond motifs is 1. The normalized spacial score (nSPS) is 10.8. The van der Waals surface area contributed by atoms with Gasteiger partial charge in [-0.15, -0.1) is 0 Å². The fraction of sp³-hybridized carbons (Fsp3) is 0.0400. The maximum Gasteiger partial charge on any atom is 0.246 e. The lowest BCUT2D eigenvalue weighted by atomic mass is 10.1. The standard InChI is InChI=1S/C25H18N4O3/c1-31-21-9-5-2-6-18(21)22-25(27-15-14-26-22)32-17-12-10-16(11-13-17)23(30)24-28-19-7-3-4-8-20(19)29-24/h2-15H,1H3,(H,28,29). The summed E-state index contributed by atoms with van der Waals surface area (Å²) in [4.78, 5) is 29.0. The number of carbonyl (C=O) groups is 1. The van der Waals surface area contributed by atoms with Crippen LogP contribution in [0.15, 0.2) is 85.2 Å². The minimum absolute atomic E-state index is 0.193. The Labute approximate surface area is 183 Å². The molecule has 156 valence electrons. The van der Waals surface area contributed by atoms with Crippen molar-refractivity contribution in [1.82, 2.24) is 19.9 Å². The Hall–Kier alpha value is -4.52. The predicted molar refractivity (Wildman–Crippen MR) is 120 cm³/mol. The molecular formula is C25H18N4O3. The van der Waals surface area contributed by atoms with Gasteiger partial charge >= 0.3 is 0 Å². The fourth-order valence-electron chi connectivity index (χ4n) is 3.41. The molecule has 32 heavy (non-hydrogen) atoms. The van der Waals surface area contributed by atoms with Gasteiger partial charge < -0.3 is 14.5 Å². The zero-order chi connectivity index (χ0) is 21.9. The SMILES string of the molecule is COc1ccccc1-c1nccnc1Oc1ccc(C(=O)c2nc3ccccc3[nH]2)cc1. The molecule has 0 bridgehead atoms. The molecule has 0 aliphatic carbocycles. The summed E-state index contributed by atoms with van der Waals surface area (Å²) in [6.07, 6.45) is 3.16. The van der Waals surface area contributed by atoms with E-state index in [0.29, 0.717) is 34.5 Å². The van der Waals surface area contributed by atoms with Crippen molar-refractivity contribution in [2.75, 3.05) is 7.11 Å². The molecule has 1 N–H and O–H groups in total. The first-order valence-corrected chi connectivity index (χ1v) is 9.94. The number of hydrogen-bond donors (Lipinski definition) is 1. The minimum atomic E-state index is -0.193. The molecule has 0 radical (unpaired) electrons. The first kappa shape index (κ1) is 19.4. The number of carbonyl (C=O) groups excluding carboxylic acids is 1. The van der Waals surface area contributed by atoms with Crippen LogP contribution in [0.4, 0.5) is 0 Å². The van der Waals surface area contributed by atoms with Gasteiger partial charge in [-0.25, -0.2) is 15.0 Å². The number of ether oxygens (including phenoxy) is 2. The molecule has 5 rings (SSSR count). The van der Waals surface area contributed by atoms with Crippen molar-refractivity contribution in [3.8, 4) is 28.6 Å². The van der Waals surface area contributed by atoms with Crippen molar-refractivity contribution < 1.29 is 14.3 Å². The summed E-state index contributed by atoms with van der Waals surface area (Å²) in [5.41, 5.74) is 3.41. The second-order valence-corrected chi connectivity index (χ2v) is 6.97. The molecule has 7 nitrogen and oxygen atoms in total. The molecule has 0 amide bonds. The highest BCUT2D eigenvalue weighted by Gasteiger charge is 2.16. The van der Waals surface area contributed by atoms with Crippen LogP contribution >= 0.6 is 0 Å². The largest absolute Gasteiger partial charge is 0.496 e. The number of hydrogen-bond acceptors (Lipinski definition) is 6. The Bertz CT molecular complexity index is 1380. The van der Waals surface area contributed by atoms with Crippen molar-refractivity contribution in [3.63, 3.8) is 0 Å². The third-order valence-corrected chi connectivity index (χ3v) is 4.96. The van der Waals surface area contributed by atoms with Crippen LogP contribution in [-0.2, 0) is 0 Å². The van der Waals surface area contributed by atoms with Crippen molar-refractivity contribution in [1.29, 1.82) is 0 Å². The molecule has 0 aliphatic heterocycles. The second-order valence-electron chi connectivity index (χ2n) is 6.97. The molecule has 0 fully saturated rings. The van der Waals surface area contributed by atoms with E-state index in [0.717, 1.165) is 16.6 Å². The van der Waals surface area contributed by atoms with Gasteiger partial charge in [0.1, 0.15) is 17.2 Å². The molecule has 7 heteroatoms. The molecule has 3 aromatic carbocycles. The topological polar surface area (TPSA) is 90.0 Å². The molecule has 0 atom stereocenters. The summed E-state index contributed by atoms with van der Waals surface area (Å²) >= 11 is 0. The summed E-state index contributed by atoms with van der Waals surface area (Å²) in [7, 11) is 1.60. The fourth-order valence-corrected chi connectivity index (χ4v) is 3.41. The number of rotatable bonds is 6. The Morgan fingerprint density at radius 2 is 1.62 bits per heavy atom. The van der Waals surface area contributed by atoms with Gasteiger partial charge in [-0.2, -0.15) is 0 Å². The van der Waals surface area contributed by atoms with E-state index in [2.05, 4.69) is 19.9 Å². The van der Waals surface area contributed by atoms with E-state index in [4.69, 9.17) is 9.47 Å². The number of imidazole rings is 1. The van der Waals surface area contributed by atoms with E-state index in [1.165, 1.54) is 0 Å². The highest BCUT2D eigenvalue weighted by Crippen LogP contribution is 2.35. The van der Waals surface area contributed by atoms with Crippen LogP contribution in [0.3, 0.4) is 0 Å². The Balaban J connectivity index is 1.40. The van der Waals surface area contributed by atoms with Gasteiger partial charge in [0, 0.05) is 23.5 Å². The van der Waals surface area contributed by atoms with Crippen molar-refractivity contribution in [2.45, 2.75) is 0 Å². The van der Waals surface area contributed by atoms with Crippen LogP contribution in [-0.4, -0.2) is 32.8 Å². The molecular weight excluding hydrogens is 404 g/mol. The number of para-hydroxylation sites is 3. The average Bonchev–Trinajstić information content (AvgIpc) is 3.29. The highest BCUT2D eigenvalue weighted by atomic mass is 16.5. The van der Waals surface area contributed by atoms with Crippen molar-refractivity contribution >= 4 is 16.8 Å². The summed E-state index contributed by atoms with van der Waals surface area (Å²) in [6.45, 7) is 0. The molecule has 0 saturated carbocycles. The number of H-pyrrole nitrogens is 1. The summed E-state index contributed by atoms with van der Waals surface area (Å²) in [5.74, 6) is 1.65. The number of nitrogens with zero attached hydrogens (tertiary/aromatic N) is 3. The maximum absolute atomic E-state index is 12.8. The number of aromatic nitrogens is 4. The zero-order valence-corrected chi connectivity index (χ0v) is 17.1. The number of nitrogens with one attached hydrogen (secondary N) is 1. The lowest BCUT2D eigenvalue weighted by molar-refractivity contribution is 0.103. The quantitative estimate of drug-likeness (QED) is 0.385. The van der Waals surface area contributed by atoms with Crippen LogP contribution in [0.1, 0.15) is 16.2 Å². The summed E-state index contributed by atoms with van der Waals surface area (Å²) < 4.78 is 11.4. The number of ketones is 1. The lowest BCUT2D eigenvalue weighted by Gasteiger charge is -2.12. The van der Waals surface area contributed by atoms with E-state index in [9.17, 15) is 4.79 Å². The third-order valence-electron chi connectivity index (χ3n) is 4.96. The van der Waals surface area contributed by atoms with Gasteiger partial charge in [-0.1, -0.05) is 24.3 Å². The van der Waals surface area contributed by atoms with Crippen LogP contribution in [0.2, 0.25) is 0 Å². The molecule has 5 aromatic rings. The molecule has 2 aromatic heterocycles.